The van der Waals surface area contributed by atoms with Gasteiger partial charge in [-0.3, -0.25) is 4.79 Å². The number of hydrogen-bond donors (Lipinski definition) is 2. The monoisotopic (exact) mass is 299 g/mol. The molecule has 1 aromatic heterocycles. The first-order valence-corrected chi connectivity index (χ1v) is 7.70. The van der Waals surface area contributed by atoms with E-state index >= 15 is 0 Å². The summed E-state index contributed by atoms with van der Waals surface area (Å²) in [5.41, 5.74) is 1.74. The summed E-state index contributed by atoms with van der Waals surface area (Å²) in [7, 11) is 1.90. The zero-order valence-electron chi connectivity index (χ0n) is 12.7. The van der Waals surface area contributed by atoms with Crippen molar-refractivity contribution >= 4 is 11.6 Å². The Hall–Kier alpha value is -2.21. The van der Waals surface area contributed by atoms with Gasteiger partial charge in [0.05, 0.1) is 0 Å². The van der Waals surface area contributed by atoms with Gasteiger partial charge in [0, 0.05) is 30.8 Å². The van der Waals surface area contributed by atoms with E-state index in [1.807, 2.05) is 35.9 Å². The molecule has 116 valence electrons. The van der Waals surface area contributed by atoms with Crippen molar-refractivity contribution in [3.05, 3.63) is 30.6 Å². The molecule has 0 spiro atoms. The lowest BCUT2D eigenvalue weighted by Gasteiger charge is -2.10. The van der Waals surface area contributed by atoms with E-state index in [9.17, 15) is 4.79 Å². The van der Waals surface area contributed by atoms with Crippen LogP contribution in [0.3, 0.4) is 0 Å². The van der Waals surface area contributed by atoms with E-state index < -0.39 is 0 Å². The third-order valence-electron chi connectivity index (χ3n) is 4.00. The summed E-state index contributed by atoms with van der Waals surface area (Å²) in [5.74, 6) is 0.843. The molecule has 1 aliphatic heterocycles. The smallest absolute Gasteiger partial charge is 0.224 e. The Morgan fingerprint density at radius 1 is 1.50 bits per heavy atom. The van der Waals surface area contributed by atoms with Gasteiger partial charge in [-0.2, -0.15) is 0 Å². The zero-order chi connectivity index (χ0) is 15.4. The van der Waals surface area contributed by atoms with Crippen molar-refractivity contribution in [2.45, 2.75) is 31.7 Å². The van der Waals surface area contributed by atoms with Crippen LogP contribution in [0.15, 0.2) is 30.6 Å². The Labute approximate surface area is 129 Å². The van der Waals surface area contributed by atoms with E-state index in [1.165, 1.54) is 12.8 Å². The average Bonchev–Trinajstić information content (AvgIpc) is 3.16. The highest BCUT2D eigenvalue weighted by Crippen LogP contribution is 2.20. The minimum atomic E-state index is 0.0591. The molecule has 6 nitrogen and oxygen atoms in total. The van der Waals surface area contributed by atoms with Crippen LogP contribution in [0.25, 0.3) is 11.4 Å². The molecule has 1 fully saturated rings. The Morgan fingerprint density at radius 3 is 3.14 bits per heavy atom. The van der Waals surface area contributed by atoms with E-state index in [0.29, 0.717) is 12.5 Å². The number of amides is 1. The lowest BCUT2D eigenvalue weighted by Crippen LogP contribution is -2.23. The first kappa shape index (κ1) is 14.7. The van der Waals surface area contributed by atoms with Gasteiger partial charge in [0.15, 0.2) is 5.82 Å². The molecule has 1 amide bonds. The average molecular weight is 299 g/mol. The maximum absolute atomic E-state index is 12.1. The Bertz CT molecular complexity index is 645. The van der Waals surface area contributed by atoms with Crippen LogP contribution in [-0.4, -0.2) is 33.3 Å². The number of benzene rings is 1. The number of aromatic nitrogens is 3. The fourth-order valence-corrected chi connectivity index (χ4v) is 2.81. The van der Waals surface area contributed by atoms with Crippen LogP contribution in [0.5, 0.6) is 0 Å². The van der Waals surface area contributed by atoms with Crippen molar-refractivity contribution < 1.29 is 4.79 Å². The van der Waals surface area contributed by atoms with Gasteiger partial charge in [-0.25, -0.2) is 0 Å². The van der Waals surface area contributed by atoms with E-state index in [2.05, 4.69) is 20.8 Å². The number of carbonyl (C=O) groups is 1. The fraction of sp³-hybridized carbons (Fsp3) is 0.438. The summed E-state index contributed by atoms with van der Waals surface area (Å²) < 4.78 is 1.85. The second kappa shape index (κ2) is 6.70. The summed E-state index contributed by atoms with van der Waals surface area (Å²) in [6.07, 6.45) is 5.50. The number of hydrogen-bond acceptors (Lipinski definition) is 4. The van der Waals surface area contributed by atoms with Crippen molar-refractivity contribution in [2.75, 3.05) is 11.9 Å². The third kappa shape index (κ3) is 3.51. The number of nitrogens with zero attached hydrogens (tertiary/aromatic N) is 3. The molecule has 2 heterocycles. The molecular formula is C16H21N5O. The number of anilines is 1. The van der Waals surface area contributed by atoms with Crippen LogP contribution in [0, 0.1) is 0 Å². The van der Waals surface area contributed by atoms with Crippen molar-refractivity contribution in [2.24, 2.45) is 7.05 Å². The second-order valence-electron chi connectivity index (χ2n) is 5.73. The van der Waals surface area contributed by atoms with E-state index in [4.69, 9.17) is 0 Å². The van der Waals surface area contributed by atoms with Crippen LogP contribution in [0.2, 0.25) is 0 Å². The topological polar surface area (TPSA) is 71.8 Å². The van der Waals surface area contributed by atoms with Gasteiger partial charge in [-0.15, -0.1) is 10.2 Å². The minimum Gasteiger partial charge on any atom is -0.326 e. The first-order valence-electron chi connectivity index (χ1n) is 7.70. The predicted molar refractivity (Wildman–Crippen MR) is 85.3 cm³/mol. The number of nitrogens with one attached hydrogen (secondary N) is 2. The third-order valence-corrected chi connectivity index (χ3v) is 4.00. The van der Waals surface area contributed by atoms with Crippen molar-refractivity contribution in [1.82, 2.24) is 20.1 Å². The lowest BCUT2D eigenvalue weighted by atomic mass is 10.1. The fourth-order valence-electron chi connectivity index (χ4n) is 2.81. The van der Waals surface area contributed by atoms with E-state index in [1.54, 1.807) is 6.33 Å². The highest BCUT2D eigenvalue weighted by Gasteiger charge is 2.15. The largest absolute Gasteiger partial charge is 0.326 e. The van der Waals surface area contributed by atoms with Gasteiger partial charge in [-0.05, 0) is 37.9 Å². The summed E-state index contributed by atoms with van der Waals surface area (Å²) in [6, 6.07) is 8.19. The molecule has 0 aliphatic carbocycles. The molecule has 1 unspecified atom stereocenters. The molecule has 2 N–H and O–H groups in total. The van der Waals surface area contributed by atoms with Crippen LogP contribution >= 0.6 is 0 Å². The summed E-state index contributed by atoms with van der Waals surface area (Å²) in [5, 5.41) is 14.3. The molecule has 2 aromatic rings. The quantitative estimate of drug-likeness (QED) is 0.885. The Morgan fingerprint density at radius 2 is 2.41 bits per heavy atom. The molecule has 3 rings (SSSR count). The van der Waals surface area contributed by atoms with Crippen LogP contribution in [-0.2, 0) is 11.8 Å². The summed E-state index contributed by atoms with van der Waals surface area (Å²) in [4.78, 5) is 12.1. The van der Waals surface area contributed by atoms with Gasteiger partial charge >= 0.3 is 0 Å². The van der Waals surface area contributed by atoms with Gasteiger partial charge < -0.3 is 15.2 Å². The maximum Gasteiger partial charge on any atom is 0.224 e. The number of aryl methyl sites for hydroxylation is 1. The SMILES string of the molecule is Cn1cnnc1-c1cccc(NC(=O)CCC2CCCN2)c1. The zero-order valence-corrected chi connectivity index (χ0v) is 12.7. The molecule has 1 aromatic carbocycles. The molecule has 6 heteroatoms. The summed E-state index contributed by atoms with van der Waals surface area (Å²) >= 11 is 0. The Balaban J connectivity index is 1.60. The van der Waals surface area contributed by atoms with Gasteiger partial charge in [0.25, 0.3) is 0 Å². The van der Waals surface area contributed by atoms with Gasteiger partial charge in [0.2, 0.25) is 5.91 Å². The second-order valence-corrected chi connectivity index (χ2v) is 5.73. The molecule has 0 radical (unpaired) electrons. The number of rotatable bonds is 5. The van der Waals surface area contributed by atoms with E-state index in [-0.39, 0.29) is 5.91 Å². The van der Waals surface area contributed by atoms with Crippen molar-refractivity contribution in [1.29, 1.82) is 0 Å². The van der Waals surface area contributed by atoms with Crippen molar-refractivity contribution in [3.8, 4) is 11.4 Å². The van der Waals surface area contributed by atoms with Gasteiger partial charge in [0.1, 0.15) is 6.33 Å². The lowest BCUT2D eigenvalue weighted by molar-refractivity contribution is -0.116. The molecule has 0 saturated carbocycles. The maximum atomic E-state index is 12.1. The molecule has 1 saturated heterocycles. The first-order chi connectivity index (χ1) is 10.7. The van der Waals surface area contributed by atoms with Crippen molar-refractivity contribution in [3.63, 3.8) is 0 Å². The van der Waals surface area contributed by atoms with Crippen LogP contribution in [0.4, 0.5) is 5.69 Å². The normalized spacial score (nSPS) is 17.6. The predicted octanol–water partition coefficient (Wildman–Crippen LogP) is 1.95. The highest BCUT2D eigenvalue weighted by atomic mass is 16.1. The minimum absolute atomic E-state index is 0.0591. The molecule has 1 aliphatic rings. The highest BCUT2D eigenvalue weighted by molar-refractivity contribution is 5.91. The van der Waals surface area contributed by atoms with Crippen LogP contribution in [0.1, 0.15) is 25.7 Å². The van der Waals surface area contributed by atoms with Crippen LogP contribution < -0.4 is 10.6 Å². The number of carbonyl (C=O) groups excluding carboxylic acids is 1. The summed E-state index contributed by atoms with van der Waals surface area (Å²) in [6.45, 7) is 1.08. The molecule has 22 heavy (non-hydrogen) atoms. The van der Waals surface area contributed by atoms with Gasteiger partial charge in [-0.1, -0.05) is 12.1 Å². The molecule has 0 bridgehead atoms. The standard InChI is InChI=1S/C16H21N5O/c1-21-11-18-20-16(21)12-4-2-5-14(10-12)19-15(22)8-7-13-6-3-9-17-13/h2,4-5,10-11,13,17H,3,6-9H2,1H3,(H,19,22). The molecular weight excluding hydrogens is 278 g/mol. The molecule has 1 atom stereocenters. The Kier molecular flexibility index (Phi) is 4.48. The van der Waals surface area contributed by atoms with E-state index in [0.717, 1.165) is 30.0 Å².